The standard InChI is InChI=1S/C16H16ClNOS/c1-11-8-9-20-15(11)16(19)18(14-6-7-14)10-12-2-4-13(17)5-3-12/h2-5,8-9,14H,6-7,10H2,1H3. The van der Waals surface area contributed by atoms with Crippen molar-refractivity contribution in [3.05, 3.63) is 56.7 Å². The zero-order valence-electron chi connectivity index (χ0n) is 11.3. The normalized spacial score (nSPS) is 14.3. The molecule has 4 heteroatoms. The molecule has 0 saturated heterocycles. The molecule has 1 aromatic heterocycles. The Balaban J connectivity index is 1.81. The molecule has 1 saturated carbocycles. The number of hydrogen-bond donors (Lipinski definition) is 0. The van der Waals surface area contributed by atoms with Gasteiger partial charge in [-0.05, 0) is 54.5 Å². The largest absolute Gasteiger partial charge is 0.331 e. The van der Waals surface area contributed by atoms with E-state index < -0.39 is 0 Å². The predicted molar refractivity (Wildman–Crippen MR) is 83.4 cm³/mol. The van der Waals surface area contributed by atoms with E-state index in [-0.39, 0.29) is 5.91 Å². The monoisotopic (exact) mass is 305 g/mol. The third-order valence-electron chi connectivity index (χ3n) is 3.57. The van der Waals surface area contributed by atoms with Gasteiger partial charge in [0.25, 0.3) is 5.91 Å². The van der Waals surface area contributed by atoms with Gasteiger partial charge < -0.3 is 4.90 Å². The van der Waals surface area contributed by atoms with E-state index in [9.17, 15) is 4.79 Å². The van der Waals surface area contributed by atoms with Gasteiger partial charge in [0.2, 0.25) is 0 Å². The second-order valence-corrected chi connectivity index (χ2v) is 6.58. The molecule has 1 aliphatic rings. The van der Waals surface area contributed by atoms with Crippen LogP contribution in [0.5, 0.6) is 0 Å². The van der Waals surface area contributed by atoms with Crippen molar-refractivity contribution in [2.45, 2.75) is 32.4 Å². The van der Waals surface area contributed by atoms with Gasteiger partial charge in [0.05, 0.1) is 4.88 Å². The molecule has 1 aliphatic carbocycles. The quantitative estimate of drug-likeness (QED) is 0.813. The summed E-state index contributed by atoms with van der Waals surface area (Å²) < 4.78 is 0. The molecule has 0 bridgehead atoms. The van der Waals surface area contributed by atoms with Crippen molar-refractivity contribution in [3.63, 3.8) is 0 Å². The lowest BCUT2D eigenvalue weighted by atomic mass is 10.2. The van der Waals surface area contributed by atoms with Crippen molar-refractivity contribution in [2.75, 3.05) is 0 Å². The Hall–Kier alpha value is -1.32. The van der Waals surface area contributed by atoms with E-state index in [0.29, 0.717) is 12.6 Å². The smallest absolute Gasteiger partial charge is 0.264 e. The van der Waals surface area contributed by atoms with Crippen molar-refractivity contribution in [1.82, 2.24) is 4.90 Å². The summed E-state index contributed by atoms with van der Waals surface area (Å²) in [6.45, 7) is 2.66. The fraction of sp³-hybridized carbons (Fsp3) is 0.312. The molecule has 1 amide bonds. The first-order valence-electron chi connectivity index (χ1n) is 6.74. The summed E-state index contributed by atoms with van der Waals surface area (Å²) in [5, 5.41) is 2.71. The number of carbonyl (C=O) groups excluding carboxylic acids is 1. The van der Waals surface area contributed by atoms with E-state index in [1.54, 1.807) is 0 Å². The zero-order chi connectivity index (χ0) is 14.1. The number of aryl methyl sites for hydroxylation is 1. The Bertz CT molecular complexity index is 616. The van der Waals surface area contributed by atoms with E-state index in [2.05, 4.69) is 0 Å². The summed E-state index contributed by atoms with van der Waals surface area (Å²) in [7, 11) is 0. The number of hydrogen-bond acceptors (Lipinski definition) is 2. The molecule has 0 atom stereocenters. The highest BCUT2D eigenvalue weighted by molar-refractivity contribution is 7.12. The van der Waals surface area contributed by atoms with Crippen LogP contribution in [0.2, 0.25) is 5.02 Å². The minimum atomic E-state index is 0.162. The molecule has 0 spiro atoms. The van der Waals surface area contributed by atoms with Crippen LogP contribution in [-0.4, -0.2) is 16.8 Å². The lowest BCUT2D eigenvalue weighted by molar-refractivity contribution is 0.0734. The van der Waals surface area contributed by atoms with Crippen molar-refractivity contribution >= 4 is 28.8 Å². The molecule has 1 heterocycles. The van der Waals surface area contributed by atoms with Gasteiger partial charge in [-0.1, -0.05) is 23.7 Å². The van der Waals surface area contributed by atoms with Crippen LogP contribution in [-0.2, 0) is 6.54 Å². The van der Waals surface area contributed by atoms with Crippen molar-refractivity contribution in [2.24, 2.45) is 0 Å². The third-order valence-corrected chi connectivity index (χ3v) is 4.83. The van der Waals surface area contributed by atoms with E-state index in [1.807, 2.05) is 47.5 Å². The fourth-order valence-electron chi connectivity index (χ4n) is 2.26. The highest BCUT2D eigenvalue weighted by Crippen LogP contribution is 2.31. The fourth-order valence-corrected chi connectivity index (χ4v) is 3.27. The first-order chi connectivity index (χ1) is 9.65. The highest BCUT2D eigenvalue weighted by atomic mass is 35.5. The Kier molecular flexibility index (Phi) is 3.81. The van der Waals surface area contributed by atoms with Crippen LogP contribution in [0.15, 0.2) is 35.7 Å². The number of nitrogens with zero attached hydrogens (tertiary/aromatic N) is 1. The van der Waals surface area contributed by atoms with Crippen molar-refractivity contribution in [3.8, 4) is 0 Å². The number of thiophene rings is 1. The van der Waals surface area contributed by atoms with Crippen LogP contribution < -0.4 is 0 Å². The second-order valence-electron chi connectivity index (χ2n) is 5.22. The second kappa shape index (κ2) is 5.58. The lowest BCUT2D eigenvalue weighted by Crippen LogP contribution is -2.32. The summed E-state index contributed by atoms with van der Waals surface area (Å²) in [6.07, 6.45) is 2.23. The van der Waals surface area contributed by atoms with Gasteiger partial charge >= 0.3 is 0 Å². The molecule has 1 fully saturated rings. The summed E-state index contributed by atoms with van der Waals surface area (Å²) in [5.41, 5.74) is 2.20. The van der Waals surface area contributed by atoms with Crippen LogP contribution >= 0.6 is 22.9 Å². The molecule has 0 N–H and O–H groups in total. The Morgan fingerprint density at radius 1 is 1.30 bits per heavy atom. The zero-order valence-corrected chi connectivity index (χ0v) is 12.9. The molecular formula is C16H16ClNOS. The first-order valence-corrected chi connectivity index (χ1v) is 8.00. The van der Waals surface area contributed by atoms with E-state index >= 15 is 0 Å². The molecule has 0 aliphatic heterocycles. The number of rotatable bonds is 4. The average molecular weight is 306 g/mol. The van der Waals surface area contributed by atoms with Crippen LogP contribution in [0.25, 0.3) is 0 Å². The van der Waals surface area contributed by atoms with Gasteiger partial charge in [-0.2, -0.15) is 0 Å². The molecule has 3 rings (SSSR count). The summed E-state index contributed by atoms with van der Waals surface area (Å²) in [5.74, 6) is 0.162. The molecule has 1 aromatic carbocycles. The van der Waals surface area contributed by atoms with Crippen molar-refractivity contribution < 1.29 is 4.79 Å². The molecule has 0 radical (unpaired) electrons. The van der Waals surface area contributed by atoms with Crippen LogP contribution in [0.3, 0.4) is 0 Å². The summed E-state index contributed by atoms with van der Waals surface area (Å²) in [6, 6.07) is 10.1. The maximum absolute atomic E-state index is 12.7. The van der Waals surface area contributed by atoms with Gasteiger partial charge in [0.1, 0.15) is 0 Å². The Labute approximate surface area is 128 Å². The molecule has 20 heavy (non-hydrogen) atoms. The lowest BCUT2D eigenvalue weighted by Gasteiger charge is -2.22. The summed E-state index contributed by atoms with van der Waals surface area (Å²) in [4.78, 5) is 15.6. The maximum atomic E-state index is 12.7. The van der Waals surface area contributed by atoms with Crippen LogP contribution in [0, 0.1) is 6.92 Å². The topological polar surface area (TPSA) is 20.3 Å². The van der Waals surface area contributed by atoms with E-state index in [4.69, 9.17) is 11.6 Å². The SMILES string of the molecule is Cc1ccsc1C(=O)N(Cc1ccc(Cl)cc1)C1CC1. The maximum Gasteiger partial charge on any atom is 0.264 e. The molecule has 104 valence electrons. The molecule has 2 aromatic rings. The molecular weight excluding hydrogens is 290 g/mol. The number of benzene rings is 1. The van der Waals surface area contributed by atoms with Crippen LogP contribution in [0.1, 0.15) is 33.6 Å². The Morgan fingerprint density at radius 2 is 2.00 bits per heavy atom. The third kappa shape index (κ3) is 2.89. The minimum absolute atomic E-state index is 0.162. The number of carbonyl (C=O) groups is 1. The van der Waals surface area contributed by atoms with Gasteiger partial charge in [0, 0.05) is 17.6 Å². The summed E-state index contributed by atoms with van der Waals surface area (Å²) >= 11 is 7.44. The van der Waals surface area contributed by atoms with Gasteiger partial charge in [-0.15, -0.1) is 11.3 Å². The minimum Gasteiger partial charge on any atom is -0.331 e. The number of halogens is 1. The van der Waals surface area contributed by atoms with Gasteiger partial charge in [0.15, 0.2) is 0 Å². The first kappa shape index (κ1) is 13.7. The van der Waals surface area contributed by atoms with E-state index in [1.165, 1.54) is 11.3 Å². The molecule has 0 unspecified atom stereocenters. The predicted octanol–water partition coefficient (Wildman–Crippen LogP) is 4.51. The van der Waals surface area contributed by atoms with Gasteiger partial charge in [-0.25, -0.2) is 0 Å². The van der Waals surface area contributed by atoms with Gasteiger partial charge in [-0.3, -0.25) is 4.79 Å². The Morgan fingerprint density at radius 3 is 2.55 bits per heavy atom. The van der Waals surface area contributed by atoms with E-state index in [0.717, 1.165) is 33.9 Å². The average Bonchev–Trinajstić information content (AvgIpc) is 3.19. The number of amides is 1. The highest BCUT2D eigenvalue weighted by Gasteiger charge is 2.33. The van der Waals surface area contributed by atoms with Crippen LogP contribution in [0.4, 0.5) is 0 Å². The molecule has 2 nitrogen and oxygen atoms in total. The van der Waals surface area contributed by atoms with Crippen molar-refractivity contribution in [1.29, 1.82) is 0 Å².